The zero-order valence-electron chi connectivity index (χ0n) is 12.7. The number of H-pyrrole nitrogens is 1. The fourth-order valence-electron chi connectivity index (χ4n) is 2.95. The topological polar surface area (TPSA) is 98.3 Å². The van der Waals surface area contributed by atoms with E-state index in [2.05, 4.69) is 32.5 Å². The van der Waals surface area contributed by atoms with Crippen molar-refractivity contribution in [1.29, 1.82) is 0 Å². The van der Waals surface area contributed by atoms with E-state index in [0.717, 1.165) is 13.0 Å². The van der Waals surface area contributed by atoms with Crippen molar-refractivity contribution in [2.75, 3.05) is 16.8 Å². The number of rotatable bonds is 5. The molecule has 2 aromatic rings. The Labute approximate surface area is 133 Å². The van der Waals surface area contributed by atoms with Gasteiger partial charge < -0.3 is 15.3 Å². The highest BCUT2D eigenvalue weighted by atomic mass is 16.4. The molecule has 1 aromatic carbocycles. The van der Waals surface area contributed by atoms with Crippen molar-refractivity contribution in [1.82, 2.24) is 10.2 Å². The highest BCUT2D eigenvalue weighted by Crippen LogP contribution is 2.30. The largest absolute Gasteiger partial charge is 0.476 e. The molecule has 0 bridgehead atoms. The number of carboxylic acids is 1. The molecule has 1 aliphatic heterocycles. The molecule has 0 saturated carbocycles. The maximum Gasteiger partial charge on any atom is 0.356 e. The molecular weight excluding hydrogens is 296 g/mol. The maximum atomic E-state index is 12.2. The van der Waals surface area contributed by atoms with E-state index in [9.17, 15) is 9.59 Å². The summed E-state index contributed by atoms with van der Waals surface area (Å²) in [5.74, 6) is -1.38. The van der Waals surface area contributed by atoms with Gasteiger partial charge >= 0.3 is 5.97 Å². The lowest BCUT2D eigenvalue weighted by Gasteiger charge is -2.26. The molecule has 1 atom stereocenters. The first kappa shape index (κ1) is 15.1. The van der Waals surface area contributed by atoms with Crippen LogP contribution in [0.25, 0.3) is 0 Å². The summed E-state index contributed by atoms with van der Waals surface area (Å²) in [6.45, 7) is 2.88. The minimum absolute atomic E-state index is 0.0267. The number of aromatic nitrogens is 2. The number of aromatic carboxylic acids is 1. The van der Waals surface area contributed by atoms with E-state index in [1.54, 1.807) is 0 Å². The number of para-hydroxylation sites is 1. The van der Waals surface area contributed by atoms with Crippen molar-refractivity contribution in [3.05, 3.63) is 41.7 Å². The third-order valence-corrected chi connectivity index (χ3v) is 4.06. The zero-order chi connectivity index (χ0) is 16.4. The van der Waals surface area contributed by atoms with Crippen LogP contribution in [0.15, 0.2) is 30.5 Å². The van der Waals surface area contributed by atoms with Crippen molar-refractivity contribution < 1.29 is 14.7 Å². The summed E-state index contributed by atoms with van der Waals surface area (Å²) in [5.41, 5.74) is 2.54. The second-order valence-electron chi connectivity index (χ2n) is 5.64. The predicted molar refractivity (Wildman–Crippen MR) is 85.7 cm³/mol. The monoisotopic (exact) mass is 314 g/mol. The standard InChI is InChI=1S/C16H18N4O3/c1-10(20-7-6-11-4-2-3-5-13(11)20)8-14(21)18-12-9-17-19-15(12)16(22)23/h2-5,9-10H,6-8H2,1H3,(H,17,19)(H,18,21)(H,22,23). The molecule has 3 rings (SSSR count). The predicted octanol–water partition coefficient (Wildman–Crippen LogP) is 1.89. The summed E-state index contributed by atoms with van der Waals surface area (Å²) < 4.78 is 0. The molecule has 1 aromatic heterocycles. The second-order valence-corrected chi connectivity index (χ2v) is 5.64. The number of carbonyl (C=O) groups excluding carboxylic acids is 1. The van der Waals surface area contributed by atoms with Crippen molar-refractivity contribution in [3.8, 4) is 0 Å². The Balaban J connectivity index is 1.64. The summed E-state index contributed by atoms with van der Waals surface area (Å²) in [5, 5.41) is 17.6. The fraction of sp³-hybridized carbons (Fsp3) is 0.312. The Bertz CT molecular complexity index is 740. The average Bonchev–Trinajstić information content (AvgIpc) is 3.13. The van der Waals surface area contributed by atoms with Gasteiger partial charge in [0.25, 0.3) is 0 Å². The van der Waals surface area contributed by atoms with E-state index < -0.39 is 5.97 Å². The van der Waals surface area contributed by atoms with Gasteiger partial charge in [0.15, 0.2) is 5.69 Å². The Morgan fingerprint density at radius 2 is 2.22 bits per heavy atom. The summed E-state index contributed by atoms with van der Waals surface area (Å²) in [7, 11) is 0. The van der Waals surface area contributed by atoms with Gasteiger partial charge in [-0.1, -0.05) is 18.2 Å². The number of nitrogens with one attached hydrogen (secondary N) is 2. The van der Waals surface area contributed by atoms with Gasteiger partial charge in [-0.15, -0.1) is 0 Å². The normalized spacial score (nSPS) is 14.4. The van der Waals surface area contributed by atoms with Crippen LogP contribution in [0.3, 0.4) is 0 Å². The summed E-state index contributed by atoms with van der Waals surface area (Å²) in [4.78, 5) is 25.4. The number of amides is 1. The van der Waals surface area contributed by atoms with Crippen molar-refractivity contribution >= 4 is 23.3 Å². The van der Waals surface area contributed by atoms with E-state index in [4.69, 9.17) is 5.11 Å². The summed E-state index contributed by atoms with van der Waals surface area (Å²) in [6, 6.07) is 8.21. The minimum atomic E-state index is -1.15. The molecule has 1 aliphatic rings. The Morgan fingerprint density at radius 1 is 1.43 bits per heavy atom. The Kier molecular flexibility index (Phi) is 4.01. The van der Waals surface area contributed by atoms with Gasteiger partial charge in [-0.3, -0.25) is 9.89 Å². The SMILES string of the molecule is CC(CC(=O)Nc1cn[nH]c1C(=O)O)N1CCc2ccccc21. The molecule has 1 amide bonds. The minimum Gasteiger partial charge on any atom is -0.476 e. The molecule has 0 saturated heterocycles. The average molecular weight is 314 g/mol. The number of hydrogen-bond donors (Lipinski definition) is 3. The first-order valence-corrected chi connectivity index (χ1v) is 7.47. The number of benzene rings is 1. The highest BCUT2D eigenvalue weighted by Gasteiger charge is 2.25. The molecule has 7 nitrogen and oxygen atoms in total. The van der Waals surface area contributed by atoms with E-state index >= 15 is 0 Å². The second kappa shape index (κ2) is 6.12. The van der Waals surface area contributed by atoms with Crippen molar-refractivity contribution in [3.63, 3.8) is 0 Å². The third-order valence-electron chi connectivity index (χ3n) is 4.06. The quantitative estimate of drug-likeness (QED) is 0.783. The molecule has 2 heterocycles. The highest BCUT2D eigenvalue weighted by molar-refractivity contribution is 5.99. The third kappa shape index (κ3) is 3.03. The maximum absolute atomic E-state index is 12.2. The van der Waals surface area contributed by atoms with Gasteiger partial charge in [-0.05, 0) is 25.0 Å². The molecule has 0 fully saturated rings. The van der Waals surface area contributed by atoms with E-state index in [-0.39, 0.29) is 29.8 Å². The summed E-state index contributed by atoms with van der Waals surface area (Å²) >= 11 is 0. The van der Waals surface area contributed by atoms with Gasteiger partial charge in [0.1, 0.15) is 0 Å². The molecule has 0 radical (unpaired) electrons. The lowest BCUT2D eigenvalue weighted by molar-refractivity contribution is -0.116. The number of nitrogens with zero attached hydrogens (tertiary/aromatic N) is 2. The van der Waals surface area contributed by atoms with Crippen LogP contribution in [-0.4, -0.2) is 39.8 Å². The number of hydrogen-bond acceptors (Lipinski definition) is 4. The van der Waals surface area contributed by atoms with Gasteiger partial charge in [-0.2, -0.15) is 5.10 Å². The van der Waals surface area contributed by atoms with E-state index in [1.165, 1.54) is 17.4 Å². The fourth-order valence-corrected chi connectivity index (χ4v) is 2.95. The lowest BCUT2D eigenvalue weighted by Crippen LogP contribution is -2.34. The van der Waals surface area contributed by atoms with E-state index in [1.807, 2.05) is 19.1 Å². The summed E-state index contributed by atoms with van der Waals surface area (Å²) in [6.07, 6.45) is 2.56. The number of carbonyl (C=O) groups is 2. The first-order chi connectivity index (χ1) is 11.1. The lowest BCUT2D eigenvalue weighted by atomic mass is 10.1. The van der Waals surface area contributed by atoms with Gasteiger partial charge in [0, 0.05) is 24.7 Å². The van der Waals surface area contributed by atoms with E-state index in [0.29, 0.717) is 0 Å². The molecule has 0 aliphatic carbocycles. The van der Waals surface area contributed by atoms with Crippen LogP contribution in [0.1, 0.15) is 29.4 Å². The number of anilines is 2. The van der Waals surface area contributed by atoms with Crippen molar-refractivity contribution in [2.45, 2.75) is 25.8 Å². The van der Waals surface area contributed by atoms with Crippen LogP contribution >= 0.6 is 0 Å². The zero-order valence-corrected chi connectivity index (χ0v) is 12.7. The molecule has 23 heavy (non-hydrogen) atoms. The van der Waals surface area contributed by atoms with Crippen LogP contribution in [0.5, 0.6) is 0 Å². The smallest absolute Gasteiger partial charge is 0.356 e. The van der Waals surface area contributed by atoms with Crippen LogP contribution < -0.4 is 10.2 Å². The number of aromatic amines is 1. The van der Waals surface area contributed by atoms with Gasteiger partial charge in [-0.25, -0.2) is 4.79 Å². The molecule has 0 spiro atoms. The van der Waals surface area contributed by atoms with Crippen molar-refractivity contribution in [2.24, 2.45) is 0 Å². The molecule has 120 valence electrons. The first-order valence-electron chi connectivity index (χ1n) is 7.47. The number of fused-ring (bicyclic) bond motifs is 1. The molecular formula is C16H18N4O3. The molecule has 7 heteroatoms. The van der Waals surface area contributed by atoms with Crippen LogP contribution in [-0.2, 0) is 11.2 Å². The molecule has 1 unspecified atom stereocenters. The Hall–Kier alpha value is -2.83. The van der Waals surface area contributed by atoms with Gasteiger partial charge in [0.05, 0.1) is 11.9 Å². The number of carboxylic acid groups (broad SMARTS) is 1. The van der Waals surface area contributed by atoms with Crippen LogP contribution in [0.2, 0.25) is 0 Å². The van der Waals surface area contributed by atoms with Crippen LogP contribution in [0.4, 0.5) is 11.4 Å². The Morgan fingerprint density at radius 3 is 3.00 bits per heavy atom. The van der Waals surface area contributed by atoms with Gasteiger partial charge in [0.2, 0.25) is 5.91 Å². The van der Waals surface area contributed by atoms with Crippen LogP contribution in [0, 0.1) is 0 Å². The molecule has 3 N–H and O–H groups in total.